The van der Waals surface area contributed by atoms with Gasteiger partial charge in [0.1, 0.15) is 9.88 Å². The molecule has 0 bridgehead atoms. The molecule has 0 fully saturated rings. The molecule has 0 aliphatic heterocycles. The van der Waals surface area contributed by atoms with Gasteiger partial charge < -0.3 is 9.84 Å². The average molecular weight is 277 g/mol. The Morgan fingerprint density at radius 1 is 1.42 bits per heavy atom. The standard InChI is InChI=1S/C14H15NO3S/c1-8-4-5-9(2)10(6-8)13-15-11(7-18-3)12(19-13)14(16)17/h4-6H,7H2,1-3H3,(H,16,17). The smallest absolute Gasteiger partial charge is 0.347 e. The fourth-order valence-corrected chi connectivity index (χ4v) is 2.82. The van der Waals surface area contributed by atoms with Gasteiger partial charge in [-0.2, -0.15) is 0 Å². The molecule has 0 amide bonds. The van der Waals surface area contributed by atoms with Gasteiger partial charge in [0.15, 0.2) is 0 Å². The molecule has 0 unspecified atom stereocenters. The highest BCUT2D eigenvalue weighted by Crippen LogP contribution is 2.31. The number of hydrogen-bond acceptors (Lipinski definition) is 4. The lowest BCUT2D eigenvalue weighted by Gasteiger charge is -2.03. The van der Waals surface area contributed by atoms with Crippen molar-refractivity contribution in [3.8, 4) is 10.6 Å². The minimum atomic E-state index is -0.957. The molecule has 1 heterocycles. The number of nitrogens with zero attached hydrogens (tertiary/aromatic N) is 1. The number of hydrogen-bond donors (Lipinski definition) is 1. The average Bonchev–Trinajstić information content (AvgIpc) is 2.77. The second-order valence-corrected chi connectivity index (χ2v) is 5.35. The van der Waals surface area contributed by atoms with Crippen molar-refractivity contribution < 1.29 is 14.6 Å². The minimum absolute atomic E-state index is 0.211. The zero-order valence-electron chi connectivity index (χ0n) is 11.1. The van der Waals surface area contributed by atoms with Gasteiger partial charge in [0.2, 0.25) is 0 Å². The monoisotopic (exact) mass is 277 g/mol. The molecule has 1 aromatic heterocycles. The van der Waals surface area contributed by atoms with E-state index in [1.54, 1.807) is 0 Å². The Kier molecular flexibility index (Phi) is 3.97. The Labute approximate surface area is 115 Å². The quantitative estimate of drug-likeness (QED) is 0.931. The molecule has 0 saturated carbocycles. The molecule has 2 rings (SSSR count). The van der Waals surface area contributed by atoms with Gasteiger partial charge in [0, 0.05) is 12.7 Å². The Morgan fingerprint density at radius 2 is 2.16 bits per heavy atom. The highest BCUT2D eigenvalue weighted by molar-refractivity contribution is 7.17. The maximum Gasteiger partial charge on any atom is 0.347 e. The summed E-state index contributed by atoms with van der Waals surface area (Å²) in [7, 11) is 1.53. The normalized spacial score (nSPS) is 10.7. The summed E-state index contributed by atoms with van der Waals surface area (Å²) >= 11 is 1.19. The van der Waals surface area contributed by atoms with Crippen molar-refractivity contribution in [1.82, 2.24) is 4.98 Å². The zero-order valence-corrected chi connectivity index (χ0v) is 11.9. The number of aromatic nitrogens is 1. The van der Waals surface area contributed by atoms with Crippen LogP contribution < -0.4 is 0 Å². The molecule has 1 aromatic carbocycles. The number of carbonyl (C=O) groups is 1. The number of carboxylic acids is 1. The predicted octanol–water partition coefficient (Wildman–Crippen LogP) is 3.27. The van der Waals surface area contributed by atoms with Crippen molar-refractivity contribution in [2.75, 3.05) is 7.11 Å². The fourth-order valence-electron chi connectivity index (χ4n) is 1.83. The summed E-state index contributed by atoms with van der Waals surface area (Å²) in [5.41, 5.74) is 3.67. The molecule has 2 aromatic rings. The summed E-state index contributed by atoms with van der Waals surface area (Å²) in [4.78, 5) is 15.9. The van der Waals surface area contributed by atoms with E-state index in [2.05, 4.69) is 4.98 Å². The zero-order chi connectivity index (χ0) is 14.0. The maximum absolute atomic E-state index is 11.2. The SMILES string of the molecule is COCc1nc(-c2cc(C)ccc2C)sc1C(=O)O. The van der Waals surface area contributed by atoms with E-state index in [1.165, 1.54) is 18.4 Å². The summed E-state index contributed by atoms with van der Waals surface area (Å²) in [5, 5.41) is 9.92. The molecule has 0 spiro atoms. The summed E-state index contributed by atoms with van der Waals surface area (Å²) in [5.74, 6) is -0.957. The van der Waals surface area contributed by atoms with E-state index in [1.807, 2.05) is 32.0 Å². The lowest BCUT2D eigenvalue weighted by atomic mass is 10.1. The molecule has 0 radical (unpaired) electrons. The van der Waals surface area contributed by atoms with E-state index in [0.29, 0.717) is 5.69 Å². The topological polar surface area (TPSA) is 59.4 Å². The van der Waals surface area contributed by atoms with Crippen LogP contribution in [0, 0.1) is 13.8 Å². The summed E-state index contributed by atoms with van der Waals surface area (Å²) in [6, 6.07) is 6.07. The number of rotatable bonds is 4. The van der Waals surface area contributed by atoms with E-state index in [-0.39, 0.29) is 11.5 Å². The molecular formula is C14H15NO3S. The number of benzene rings is 1. The number of aromatic carboxylic acids is 1. The summed E-state index contributed by atoms with van der Waals surface area (Å²) in [6.07, 6.45) is 0. The minimum Gasteiger partial charge on any atom is -0.477 e. The lowest BCUT2D eigenvalue weighted by Crippen LogP contribution is -1.99. The van der Waals surface area contributed by atoms with Gasteiger partial charge >= 0.3 is 5.97 Å². The van der Waals surface area contributed by atoms with Gasteiger partial charge in [-0.25, -0.2) is 9.78 Å². The van der Waals surface area contributed by atoms with E-state index in [4.69, 9.17) is 4.74 Å². The van der Waals surface area contributed by atoms with Crippen molar-refractivity contribution in [1.29, 1.82) is 0 Å². The molecule has 19 heavy (non-hydrogen) atoms. The molecule has 1 N–H and O–H groups in total. The third-order valence-electron chi connectivity index (χ3n) is 2.80. The number of ether oxygens (including phenoxy) is 1. The molecule has 0 aliphatic rings. The number of aryl methyl sites for hydroxylation is 2. The second kappa shape index (κ2) is 5.50. The van der Waals surface area contributed by atoms with Crippen LogP contribution in [0.15, 0.2) is 18.2 Å². The lowest BCUT2D eigenvalue weighted by molar-refractivity contribution is 0.0697. The van der Waals surface area contributed by atoms with Crippen molar-refractivity contribution >= 4 is 17.3 Å². The molecule has 5 heteroatoms. The highest BCUT2D eigenvalue weighted by atomic mass is 32.1. The van der Waals surface area contributed by atoms with Crippen LogP contribution in [0.2, 0.25) is 0 Å². The molecular weight excluding hydrogens is 262 g/mol. The molecule has 4 nitrogen and oxygen atoms in total. The van der Waals surface area contributed by atoms with E-state index in [9.17, 15) is 9.90 Å². The Morgan fingerprint density at radius 3 is 2.79 bits per heavy atom. The van der Waals surface area contributed by atoms with Gasteiger partial charge in [0.25, 0.3) is 0 Å². The third-order valence-corrected chi connectivity index (χ3v) is 3.92. The first-order chi connectivity index (χ1) is 9.02. The van der Waals surface area contributed by atoms with Gasteiger partial charge in [-0.3, -0.25) is 0 Å². The highest BCUT2D eigenvalue weighted by Gasteiger charge is 2.18. The van der Waals surface area contributed by atoms with Crippen LogP contribution in [-0.2, 0) is 11.3 Å². The largest absolute Gasteiger partial charge is 0.477 e. The first-order valence-electron chi connectivity index (χ1n) is 5.82. The second-order valence-electron chi connectivity index (χ2n) is 4.35. The summed E-state index contributed by atoms with van der Waals surface area (Å²) in [6.45, 7) is 4.21. The van der Waals surface area contributed by atoms with Gasteiger partial charge in [0.05, 0.1) is 12.3 Å². The van der Waals surface area contributed by atoms with E-state index >= 15 is 0 Å². The van der Waals surface area contributed by atoms with Crippen LogP contribution in [-0.4, -0.2) is 23.2 Å². The number of carboxylic acid groups (broad SMARTS) is 1. The van der Waals surface area contributed by atoms with Crippen LogP contribution in [0.25, 0.3) is 10.6 Å². The van der Waals surface area contributed by atoms with Crippen LogP contribution >= 0.6 is 11.3 Å². The molecule has 0 atom stereocenters. The van der Waals surface area contributed by atoms with Gasteiger partial charge in [-0.15, -0.1) is 11.3 Å². The molecule has 100 valence electrons. The van der Waals surface area contributed by atoms with Crippen molar-refractivity contribution in [2.45, 2.75) is 20.5 Å². The van der Waals surface area contributed by atoms with E-state index in [0.717, 1.165) is 21.7 Å². The predicted molar refractivity (Wildman–Crippen MR) is 74.7 cm³/mol. The molecule has 0 aliphatic carbocycles. The van der Waals surface area contributed by atoms with Crippen LogP contribution in [0.1, 0.15) is 26.5 Å². The number of thiazole rings is 1. The third kappa shape index (κ3) is 2.83. The van der Waals surface area contributed by atoms with Crippen molar-refractivity contribution in [2.24, 2.45) is 0 Å². The van der Waals surface area contributed by atoms with Crippen LogP contribution in [0.3, 0.4) is 0 Å². The van der Waals surface area contributed by atoms with Crippen molar-refractivity contribution in [3.05, 3.63) is 39.9 Å². The first-order valence-corrected chi connectivity index (χ1v) is 6.64. The van der Waals surface area contributed by atoms with Crippen LogP contribution in [0.5, 0.6) is 0 Å². The molecule has 0 saturated heterocycles. The maximum atomic E-state index is 11.2. The Balaban J connectivity index is 2.53. The first kappa shape index (κ1) is 13.7. The summed E-state index contributed by atoms with van der Waals surface area (Å²) < 4.78 is 5.00. The van der Waals surface area contributed by atoms with Crippen LogP contribution in [0.4, 0.5) is 0 Å². The van der Waals surface area contributed by atoms with Gasteiger partial charge in [-0.05, 0) is 25.5 Å². The Bertz CT molecular complexity index is 619. The number of methoxy groups -OCH3 is 1. The van der Waals surface area contributed by atoms with Crippen molar-refractivity contribution in [3.63, 3.8) is 0 Å². The van der Waals surface area contributed by atoms with Gasteiger partial charge in [-0.1, -0.05) is 17.7 Å². The fraction of sp³-hybridized carbons (Fsp3) is 0.286. The Hall–Kier alpha value is -1.72. The van der Waals surface area contributed by atoms with E-state index < -0.39 is 5.97 Å².